The Bertz CT molecular complexity index is 464. The number of hydrogen-bond donors (Lipinski definition) is 0. The second-order valence-corrected chi connectivity index (χ2v) is 7.31. The first-order valence-electron chi connectivity index (χ1n) is 14.3. The second kappa shape index (κ2) is 18.7. The molecule has 0 aromatic heterocycles. The molecule has 0 bridgehead atoms. The lowest BCUT2D eigenvalue weighted by Crippen LogP contribution is -2.22. The van der Waals surface area contributed by atoms with Crippen LogP contribution in [0.4, 0.5) is 0 Å². The van der Waals surface area contributed by atoms with Gasteiger partial charge in [0.2, 0.25) is 0 Å². The molecule has 0 spiro atoms. The molecule has 0 saturated carbocycles. The minimum Gasteiger partial charge on any atom is -0.353 e. The van der Waals surface area contributed by atoms with Crippen LogP contribution in [0, 0.1) is 0 Å². The molecule has 1 heterocycles. The highest BCUT2D eigenvalue weighted by atomic mass is 16.7. The summed E-state index contributed by atoms with van der Waals surface area (Å²) in [5, 5.41) is 0. The van der Waals surface area contributed by atoms with Crippen LogP contribution in [0.3, 0.4) is 0 Å². The maximum Gasteiger partial charge on any atom is 0.157 e. The summed E-state index contributed by atoms with van der Waals surface area (Å²) in [7, 11) is 0. The molecule has 1 saturated heterocycles. The first-order valence-corrected chi connectivity index (χ1v) is 10.8. The zero-order chi connectivity index (χ0) is 23.9. The van der Waals surface area contributed by atoms with Gasteiger partial charge in [0.25, 0.3) is 0 Å². The van der Waals surface area contributed by atoms with E-state index in [2.05, 4.69) is 0 Å². The zero-order valence-corrected chi connectivity index (χ0v) is 16.3. The summed E-state index contributed by atoms with van der Waals surface area (Å²) < 4.78 is 63.9. The quantitative estimate of drug-likeness (QED) is 0.232. The zero-order valence-electron chi connectivity index (χ0n) is 23.3. The van der Waals surface area contributed by atoms with E-state index in [1.165, 1.54) is 57.8 Å². The first-order chi connectivity index (χ1) is 15.1. The van der Waals surface area contributed by atoms with Crippen LogP contribution in [0.5, 0.6) is 0 Å². The molecule has 1 unspecified atom stereocenters. The molecule has 150 valence electrons. The number of unbranched alkanes of at least 4 members (excludes halogenated alkanes) is 12. The molecule has 0 aromatic rings. The van der Waals surface area contributed by atoms with Crippen LogP contribution in [0.15, 0.2) is 0 Å². The molecule has 0 aliphatic carbocycles. The summed E-state index contributed by atoms with van der Waals surface area (Å²) in [4.78, 5) is 0. The van der Waals surface area contributed by atoms with Gasteiger partial charge in [-0.1, -0.05) is 103 Å². The van der Waals surface area contributed by atoms with E-state index in [9.17, 15) is 0 Å². The average Bonchev–Trinajstić information content (AvgIpc) is 2.73. The Kier molecular flexibility index (Phi) is 10.5. The van der Waals surface area contributed by atoms with Crippen molar-refractivity contribution in [2.45, 2.75) is 135 Å². The van der Waals surface area contributed by atoms with Gasteiger partial charge in [-0.3, -0.25) is 0 Å². The Morgan fingerprint density at radius 3 is 1.88 bits per heavy atom. The third-order valence-electron chi connectivity index (χ3n) is 4.98. The van der Waals surface area contributed by atoms with Crippen molar-refractivity contribution in [3.05, 3.63) is 0 Å². The molecule has 25 heavy (non-hydrogen) atoms. The fourth-order valence-electron chi connectivity index (χ4n) is 3.38. The van der Waals surface area contributed by atoms with Crippen LogP contribution < -0.4 is 0 Å². The van der Waals surface area contributed by atoms with Gasteiger partial charge in [0, 0.05) is 22.8 Å². The van der Waals surface area contributed by atoms with Crippen molar-refractivity contribution in [1.29, 1.82) is 0 Å². The Hall–Kier alpha value is -0.0800. The molecule has 1 aliphatic rings. The van der Waals surface area contributed by atoms with Gasteiger partial charge >= 0.3 is 0 Å². The Balaban J connectivity index is 1.84. The molecule has 0 N–H and O–H groups in total. The van der Waals surface area contributed by atoms with Crippen LogP contribution in [0.2, 0.25) is 0 Å². The van der Waals surface area contributed by atoms with Gasteiger partial charge in [0.1, 0.15) is 0 Å². The standard InChI is InChI=1S/C23H46O2/c1-2-3-4-5-6-7-8-9-10-11-12-13-14-15-16-18-21-24-23-20-17-19-22-25-23/h23H,2-22H2,1H3/i1D3,2D2,3D2. The molecule has 2 heteroatoms. The normalized spacial score (nSPS) is 23.7. The van der Waals surface area contributed by atoms with Gasteiger partial charge in [-0.2, -0.15) is 0 Å². The summed E-state index contributed by atoms with van der Waals surface area (Å²) in [5.74, 6) is 0. The Morgan fingerprint density at radius 2 is 1.36 bits per heavy atom. The third-order valence-corrected chi connectivity index (χ3v) is 4.98. The van der Waals surface area contributed by atoms with E-state index in [1.54, 1.807) is 0 Å². The van der Waals surface area contributed by atoms with Crippen molar-refractivity contribution in [2.24, 2.45) is 0 Å². The lowest BCUT2D eigenvalue weighted by Gasteiger charge is -2.22. The minimum absolute atomic E-state index is 0.0417. The van der Waals surface area contributed by atoms with Crippen molar-refractivity contribution < 1.29 is 19.1 Å². The van der Waals surface area contributed by atoms with Crippen molar-refractivity contribution in [1.82, 2.24) is 0 Å². The topological polar surface area (TPSA) is 18.5 Å². The maximum atomic E-state index is 7.82. The predicted molar refractivity (Wildman–Crippen MR) is 109 cm³/mol. The van der Waals surface area contributed by atoms with Crippen LogP contribution in [0.1, 0.15) is 138 Å². The molecule has 0 amide bonds. The van der Waals surface area contributed by atoms with Gasteiger partial charge in [0.15, 0.2) is 6.29 Å². The van der Waals surface area contributed by atoms with Crippen molar-refractivity contribution in [3.63, 3.8) is 0 Å². The summed E-state index contributed by atoms with van der Waals surface area (Å²) in [6.07, 6.45) is 13.0. The van der Waals surface area contributed by atoms with Crippen molar-refractivity contribution >= 4 is 0 Å². The van der Waals surface area contributed by atoms with Crippen molar-refractivity contribution in [3.8, 4) is 0 Å². The highest BCUT2D eigenvalue weighted by Gasteiger charge is 2.13. The molecule has 1 atom stereocenters. The van der Waals surface area contributed by atoms with Crippen LogP contribution in [-0.2, 0) is 9.47 Å². The highest BCUT2D eigenvalue weighted by molar-refractivity contribution is 4.54. The molecule has 0 aromatic carbocycles. The van der Waals surface area contributed by atoms with Gasteiger partial charge < -0.3 is 9.47 Å². The first kappa shape index (κ1) is 14.0. The van der Waals surface area contributed by atoms with E-state index in [0.717, 1.165) is 51.7 Å². The number of ether oxygens (including phenoxy) is 2. The van der Waals surface area contributed by atoms with E-state index in [1.807, 2.05) is 0 Å². The lowest BCUT2D eigenvalue weighted by molar-refractivity contribution is -0.162. The summed E-state index contributed by atoms with van der Waals surface area (Å²) in [6.45, 7) is -1.27. The summed E-state index contributed by atoms with van der Waals surface area (Å²) in [5.41, 5.74) is 0. The molecule has 0 radical (unpaired) electrons. The van der Waals surface area contributed by atoms with Crippen molar-refractivity contribution in [2.75, 3.05) is 13.2 Å². The Morgan fingerprint density at radius 1 is 0.800 bits per heavy atom. The highest BCUT2D eigenvalue weighted by Crippen LogP contribution is 2.15. The fraction of sp³-hybridized carbons (Fsp3) is 1.00. The van der Waals surface area contributed by atoms with E-state index >= 15 is 0 Å². The minimum atomic E-state index is -2.94. The fourth-order valence-corrected chi connectivity index (χ4v) is 3.38. The van der Waals surface area contributed by atoms with Crippen LogP contribution in [-0.4, -0.2) is 19.5 Å². The predicted octanol–water partition coefficient (Wildman–Crippen LogP) is 7.79. The lowest BCUT2D eigenvalue weighted by atomic mass is 10.0. The van der Waals surface area contributed by atoms with E-state index in [0.29, 0.717) is 6.42 Å². The van der Waals surface area contributed by atoms with Gasteiger partial charge in [-0.05, 0) is 25.7 Å². The SMILES string of the molecule is [2H]C([2H])([2H])C([2H])([2H])C([2H])([2H])CCCCCCCCCCCCCCCOC1CCCCO1. The van der Waals surface area contributed by atoms with E-state index in [-0.39, 0.29) is 12.7 Å². The smallest absolute Gasteiger partial charge is 0.157 e. The van der Waals surface area contributed by atoms with Gasteiger partial charge in [-0.25, -0.2) is 0 Å². The maximum absolute atomic E-state index is 7.82. The summed E-state index contributed by atoms with van der Waals surface area (Å²) in [6, 6.07) is 0. The molecule has 1 rings (SSSR count). The largest absolute Gasteiger partial charge is 0.353 e. The Labute approximate surface area is 168 Å². The van der Waals surface area contributed by atoms with Gasteiger partial charge in [-0.15, -0.1) is 0 Å². The monoisotopic (exact) mass is 361 g/mol. The molecular weight excluding hydrogens is 308 g/mol. The van der Waals surface area contributed by atoms with Crippen LogP contribution in [0.25, 0.3) is 0 Å². The summed E-state index contributed by atoms with van der Waals surface area (Å²) >= 11 is 0. The molecule has 1 aliphatic heterocycles. The van der Waals surface area contributed by atoms with E-state index in [4.69, 9.17) is 19.1 Å². The molecular formula is C23H46O2. The molecule has 2 nitrogen and oxygen atoms in total. The van der Waals surface area contributed by atoms with E-state index < -0.39 is 19.6 Å². The number of rotatable bonds is 18. The number of hydrogen-bond acceptors (Lipinski definition) is 2. The average molecular weight is 362 g/mol. The third kappa shape index (κ3) is 15.9. The van der Waals surface area contributed by atoms with Crippen LogP contribution >= 0.6 is 0 Å². The second-order valence-electron chi connectivity index (χ2n) is 7.31. The van der Waals surface area contributed by atoms with Gasteiger partial charge in [0.05, 0.1) is 0 Å². The molecule has 1 fully saturated rings.